The van der Waals surface area contributed by atoms with E-state index >= 15 is 0 Å². The predicted octanol–water partition coefficient (Wildman–Crippen LogP) is 3.38. The van der Waals surface area contributed by atoms with E-state index in [0.29, 0.717) is 16.7 Å². The van der Waals surface area contributed by atoms with Crippen LogP contribution in [0.4, 0.5) is 0 Å². The van der Waals surface area contributed by atoms with Crippen LogP contribution in [-0.2, 0) is 6.42 Å². The third-order valence-corrected chi connectivity index (χ3v) is 6.47. The first-order valence-corrected chi connectivity index (χ1v) is 8.48. The summed E-state index contributed by atoms with van der Waals surface area (Å²) >= 11 is 2.16. The quantitative estimate of drug-likeness (QED) is 0.916. The molecular formula is C16H24N2S. The number of hydrogen-bond donors (Lipinski definition) is 1. The Morgan fingerprint density at radius 1 is 1.47 bits per heavy atom. The van der Waals surface area contributed by atoms with Crippen LogP contribution in [-0.4, -0.2) is 28.6 Å². The highest BCUT2D eigenvalue weighted by atomic mass is 32.2. The monoisotopic (exact) mass is 276 g/mol. The molecule has 2 aliphatic rings. The van der Waals surface area contributed by atoms with E-state index in [0.717, 1.165) is 0 Å². The fraction of sp³-hybridized carbons (Fsp3) is 0.688. The Morgan fingerprint density at radius 2 is 2.37 bits per heavy atom. The van der Waals surface area contributed by atoms with Gasteiger partial charge >= 0.3 is 0 Å². The molecule has 1 fully saturated rings. The van der Waals surface area contributed by atoms with Crippen molar-refractivity contribution in [1.29, 1.82) is 0 Å². The van der Waals surface area contributed by atoms with Gasteiger partial charge in [0.05, 0.1) is 0 Å². The summed E-state index contributed by atoms with van der Waals surface area (Å²) in [4.78, 5) is 4.72. The summed E-state index contributed by atoms with van der Waals surface area (Å²) in [5.41, 5.74) is 2.84. The maximum Gasteiger partial charge on any atom is 0.0482 e. The Kier molecular flexibility index (Phi) is 3.86. The Balaban J connectivity index is 1.92. The number of fused-ring (bicyclic) bond motifs is 1. The molecule has 1 aromatic heterocycles. The van der Waals surface area contributed by atoms with E-state index in [1.54, 1.807) is 0 Å². The van der Waals surface area contributed by atoms with Crippen LogP contribution in [0.1, 0.15) is 49.8 Å². The standard InChI is InChI=1S/C16H24N2S/c1-16(9-5-11-19-16)15(17-2)13-8-3-6-12-7-4-10-18-14(12)13/h4,7,10,13,15,17H,3,5-6,8-9,11H2,1-2H3. The minimum Gasteiger partial charge on any atom is -0.315 e. The molecular weight excluding hydrogens is 252 g/mol. The molecule has 1 N–H and O–H groups in total. The SMILES string of the molecule is CNC(C1CCCc2cccnc21)C1(C)CCCS1. The fourth-order valence-electron chi connectivity index (χ4n) is 3.95. The Bertz CT molecular complexity index is 440. The van der Waals surface area contributed by atoms with Crippen LogP contribution in [0.25, 0.3) is 0 Å². The summed E-state index contributed by atoms with van der Waals surface area (Å²) in [5, 5.41) is 3.63. The Morgan fingerprint density at radius 3 is 3.11 bits per heavy atom. The maximum absolute atomic E-state index is 4.72. The molecule has 1 aromatic rings. The number of nitrogens with one attached hydrogen (secondary N) is 1. The Hall–Kier alpha value is -0.540. The van der Waals surface area contributed by atoms with Gasteiger partial charge in [0.15, 0.2) is 0 Å². The van der Waals surface area contributed by atoms with Crippen molar-refractivity contribution < 1.29 is 0 Å². The van der Waals surface area contributed by atoms with E-state index in [4.69, 9.17) is 4.98 Å². The second kappa shape index (κ2) is 5.45. The first kappa shape index (κ1) is 13.4. The summed E-state index contributed by atoms with van der Waals surface area (Å²) in [6.07, 6.45) is 8.46. The molecule has 0 amide bonds. The maximum atomic E-state index is 4.72. The average molecular weight is 276 g/mol. The lowest BCUT2D eigenvalue weighted by Crippen LogP contribution is -2.48. The van der Waals surface area contributed by atoms with Gasteiger partial charge in [-0.25, -0.2) is 0 Å². The highest BCUT2D eigenvalue weighted by molar-refractivity contribution is 8.00. The molecule has 0 saturated carbocycles. The molecule has 1 aliphatic carbocycles. The number of rotatable bonds is 3. The van der Waals surface area contributed by atoms with Gasteiger partial charge in [0.2, 0.25) is 0 Å². The minimum atomic E-state index is 0.381. The van der Waals surface area contributed by atoms with Crippen molar-refractivity contribution in [2.75, 3.05) is 12.8 Å². The van der Waals surface area contributed by atoms with Gasteiger partial charge in [-0.15, -0.1) is 0 Å². The van der Waals surface area contributed by atoms with Crippen LogP contribution < -0.4 is 5.32 Å². The molecule has 0 spiro atoms. The third kappa shape index (κ3) is 2.43. The summed E-state index contributed by atoms with van der Waals surface area (Å²) in [6, 6.07) is 4.90. The highest BCUT2D eigenvalue weighted by Crippen LogP contribution is 2.46. The topological polar surface area (TPSA) is 24.9 Å². The number of hydrogen-bond acceptors (Lipinski definition) is 3. The molecule has 3 rings (SSSR count). The van der Waals surface area contributed by atoms with Crippen molar-refractivity contribution in [3.05, 3.63) is 29.6 Å². The number of aromatic nitrogens is 1. The normalized spacial score (nSPS) is 32.0. The second-order valence-corrected chi connectivity index (χ2v) is 7.71. The molecule has 104 valence electrons. The van der Waals surface area contributed by atoms with E-state index in [-0.39, 0.29) is 0 Å². The smallest absolute Gasteiger partial charge is 0.0482 e. The Labute approximate surface area is 120 Å². The van der Waals surface area contributed by atoms with Gasteiger partial charge in [0.1, 0.15) is 0 Å². The summed E-state index contributed by atoms with van der Waals surface area (Å²) in [6.45, 7) is 2.45. The minimum absolute atomic E-state index is 0.381. The molecule has 3 unspecified atom stereocenters. The molecule has 3 heteroatoms. The van der Waals surface area contributed by atoms with Crippen molar-refractivity contribution in [3.63, 3.8) is 0 Å². The molecule has 0 bridgehead atoms. The summed E-state index contributed by atoms with van der Waals surface area (Å²) < 4.78 is 0.381. The molecule has 1 aliphatic heterocycles. The average Bonchev–Trinajstić information content (AvgIpc) is 2.87. The van der Waals surface area contributed by atoms with E-state index in [1.807, 2.05) is 6.20 Å². The first-order chi connectivity index (χ1) is 9.24. The zero-order valence-corrected chi connectivity index (χ0v) is 12.8. The van der Waals surface area contributed by atoms with Gasteiger partial charge in [-0.05, 0) is 63.5 Å². The van der Waals surface area contributed by atoms with Gasteiger partial charge in [-0.3, -0.25) is 4.98 Å². The molecule has 0 aromatic carbocycles. The van der Waals surface area contributed by atoms with Gasteiger partial charge < -0.3 is 5.32 Å². The second-order valence-electron chi connectivity index (χ2n) is 6.08. The van der Waals surface area contributed by atoms with Crippen molar-refractivity contribution in [1.82, 2.24) is 10.3 Å². The predicted molar refractivity (Wildman–Crippen MR) is 82.9 cm³/mol. The van der Waals surface area contributed by atoms with Crippen LogP contribution in [0.15, 0.2) is 18.3 Å². The highest BCUT2D eigenvalue weighted by Gasteiger charge is 2.43. The zero-order chi connectivity index (χ0) is 13.3. The number of likely N-dealkylation sites (N-methyl/N-ethyl adjacent to an activating group) is 1. The van der Waals surface area contributed by atoms with Crippen LogP contribution >= 0.6 is 11.8 Å². The number of pyridine rings is 1. The molecule has 1 saturated heterocycles. The van der Waals surface area contributed by atoms with E-state index < -0.39 is 0 Å². The molecule has 2 nitrogen and oxygen atoms in total. The fourth-order valence-corrected chi connectivity index (χ4v) is 5.45. The largest absolute Gasteiger partial charge is 0.315 e. The zero-order valence-electron chi connectivity index (χ0n) is 12.0. The number of aryl methyl sites for hydroxylation is 1. The van der Waals surface area contributed by atoms with Crippen LogP contribution in [0, 0.1) is 0 Å². The molecule has 19 heavy (non-hydrogen) atoms. The molecule has 2 heterocycles. The van der Waals surface area contributed by atoms with Gasteiger partial charge in [0, 0.05) is 28.6 Å². The summed E-state index contributed by atoms with van der Waals surface area (Å²) in [7, 11) is 2.13. The van der Waals surface area contributed by atoms with Gasteiger partial charge in [-0.1, -0.05) is 6.07 Å². The van der Waals surface area contributed by atoms with Crippen molar-refractivity contribution >= 4 is 11.8 Å². The van der Waals surface area contributed by atoms with Crippen molar-refractivity contribution in [3.8, 4) is 0 Å². The van der Waals surface area contributed by atoms with Gasteiger partial charge in [0.25, 0.3) is 0 Å². The van der Waals surface area contributed by atoms with Crippen LogP contribution in [0.3, 0.4) is 0 Å². The molecule has 3 atom stereocenters. The van der Waals surface area contributed by atoms with Gasteiger partial charge in [-0.2, -0.15) is 11.8 Å². The van der Waals surface area contributed by atoms with Crippen LogP contribution in [0.5, 0.6) is 0 Å². The van der Waals surface area contributed by atoms with Crippen LogP contribution in [0.2, 0.25) is 0 Å². The lowest BCUT2D eigenvalue weighted by Gasteiger charge is -2.40. The van der Waals surface area contributed by atoms with E-state index in [1.165, 1.54) is 49.1 Å². The molecule has 0 radical (unpaired) electrons. The summed E-state index contributed by atoms with van der Waals surface area (Å²) in [5.74, 6) is 1.90. The van der Waals surface area contributed by atoms with Crippen molar-refractivity contribution in [2.45, 2.75) is 55.7 Å². The van der Waals surface area contributed by atoms with Crippen molar-refractivity contribution in [2.24, 2.45) is 0 Å². The number of nitrogens with zero attached hydrogens (tertiary/aromatic N) is 1. The first-order valence-electron chi connectivity index (χ1n) is 7.49. The third-order valence-electron chi connectivity index (χ3n) is 4.86. The van der Waals surface area contributed by atoms with E-state index in [2.05, 4.69) is 43.2 Å². The number of thioether (sulfide) groups is 1. The van der Waals surface area contributed by atoms with E-state index in [9.17, 15) is 0 Å². The lowest BCUT2D eigenvalue weighted by molar-refractivity contribution is 0.333. The lowest BCUT2D eigenvalue weighted by atomic mass is 9.76.